The second kappa shape index (κ2) is 5.77. The van der Waals surface area contributed by atoms with Crippen molar-refractivity contribution in [2.45, 2.75) is 58.8 Å². The Bertz CT molecular complexity index is 355. The fourth-order valence-corrected chi connectivity index (χ4v) is 1.85. The van der Waals surface area contributed by atoms with Gasteiger partial charge < -0.3 is 15.7 Å². The molecule has 0 aromatic rings. The molecule has 1 aliphatic rings. The zero-order valence-electron chi connectivity index (χ0n) is 12.4. The molecule has 0 spiro atoms. The highest BCUT2D eigenvalue weighted by Gasteiger charge is 2.43. The van der Waals surface area contributed by atoms with Crippen molar-refractivity contribution in [1.82, 2.24) is 15.5 Å². The van der Waals surface area contributed by atoms with E-state index in [4.69, 9.17) is 0 Å². The molecule has 0 aliphatic carbocycles. The van der Waals surface area contributed by atoms with E-state index in [0.717, 1.165) is 0 Å². The Morgan fingerprint density at radius 1 is 1.47 bits per heavy atom. The van der Waals surface area contributed by atoms with Crippen molar-refractivity contribution in [3.05, 3.63) is 0 Å². The van der Waals surface area contributed by atoms with Crippen LogP contribution in [0.25, 0.3) is 0 Å². The van der Waals surface area contributed by atoms with Crippen molar-refractivity contribution in [3.63, 3.8) is 0 Å². The van der Waals surface area contributed by atoms with Crippen molar-refractivity contribution in [2.75, 3.05) is 6.54 Å². The van der Waals surface area contributed by atoms with Gasteiger partial charge in [-0.25, -0.2) is 4.79 Å². The summed E-state index contributed by atoms with van der Waals surface area (Å²) in [5.41, 5.74) is -0.682. The normalized spacial score (nSPS) is 23.4. The highest BCUT2D eigenvalue weighted by molar-refractivity contribution is 5.80. The van der Waals surface area contributed by atoms with Crippen LogP contribution < -0.4 is 10.6 Å². The van der Waals surface area contributed by atoms with Crippen molar-refractivity contribution in [2.24, 2.45) is 5.92 Å². The maximum atomic E-state index is 11.7. The maximum absolute atomic E-state index is 11.7. The highest BCUT2D eigenvalue weighted by Crippen LogP contribution is 2.21. The maximum Gasteiger partial charge on any atom is 0.320 e. The van der Waals surface area contributed by atoms with Crippen LogP contribution in [0.5, 0.6) is 0 Å². The summed E-state index contributed by atoms with van der Waals surface area (Å²) in [4.78, 5) is 24.7. The Morgan fingerprint density at radius 3 is 2.47 bits per heavy atom. The largest absolute Gasteiger partial charge is 0.371 e. The summed E-state index contributed by atoms with van der Waals surface area (Å²) in [5, 5.41) is 15.5. The average molecular weight is 271 g/mol. The molecule has 1 unspecified atom stereocenters. The van der Waals surface area contributed by atoms with Crippen LogP contribution in [-0.4, -0.2) is 46.3 Å². The van der Waals surface area contributed by atoms with Gasteiger partial charge in [0.15, 0.2) is 6.23 Å². The summed E-state index contributed by atoms with van der Waals surface area (Å²) >= 11 is 0. The standard InChI is InChI=1S/C13H25N3O3/c1-8(2)9(3)14-10(17)6-7-16-11(18)13(4,5)15-12(16)19/h8-9,11,18H,6-7H2,1-5H3,(H,14,17)(H,15,19)/t9-,11?/m1/s1. The third-order valence-electron chi connectivity index (χ3n) is 3.60. The number of rotatable bonds is 5. The summed E-state index contributed by atoms with van der Waals surface area (Å²) in [7, 11) is 0. The lowest BCUT2D eigenvalue weighted by Gasteiger charge is -2.26. The molecule has 0 bridgehead atoms. The number of hydrogen-bond acceptors (Lipinski definition) is 3. The summed E-state index contributed by atoms with van der Waals surface area (Å²) in [6.45, 7) is 9.72. The van der Waals surface area contributed by atoms with Crippen molar-refractivity contribution in [1.29, 1.82) is 0 Å². The molecule has 2 atom stereocenters. The Kier molecular flexibility index (Phi) is 4.79. The number of amides is 3. The lowest BCUT2D eigenvalue weighted by molar-refractivity contribution is -0.122. The van der Waals surface area contributed by atoms with Crippen LogP contribution in [0.2, 0.25) is 0 Å². The van der Waals surface area contributed by atoms with Gasteiger partial charge in [-0.15, -0.1) is 0 Å². The SMILES string of the molecule is CC(C)[C@@H](C)NC(=O)CCN1C(=O)NC(C)(C)C1O. The Labute approximate surface area is 114 Å². The van der Waals surface area contributed by atoms with E-state index >= 15 is 0 Å². The van der Waals surface area contributed by atoms with Gasteiger partial charge in [-0.2, -0.15) is 0 Å². The van der Waals surface area contributed by atoms with Crippen molar-refractivity contribution in [3.8, 4) is 0 Å². The Balaban J connectivity index is 2.45. The van der Waals surface area contributed by atoms with Gasteiger partial charge in [-0.05, 0) is 26.7 Å². The van der Waals surface area contributed by atoms with Crippen molar-refractivity contribution >= 4 is 11.9 Å². The summed E-state index contributed by atoms with van der Waals surface area (Å²) in [5.74, 6) is 0.259. The number of urea groups is 1. The number of nitrogens with one attached hydrogen (secondary N) is 2. The van der Waals surface area contributed by atoms with Gasteiger partial charge in [0.25, 0.3) is 0 Å². The molecule has 0 radical (unpaired) electrons. The second-order valence-corrected chi connectivity index (χ2v) is 6.07. The number of carbonyl (C=O) groups is 2. The van der Waals surface area contributed by atoms with Crippen LogP contribution in [0.15, 0.2) is 0 Å². The monoisotopic (exact) mass is 271 g/mol. The first-order valence-electron chi connectivity index (χ1n) is 6.71. The van der Waals surface area contributed by atoms with E-state index in [9.17, 15) is 14.7 Å². The van der Waals surface area contributed by atoms with Crippen LogP contribution >= 0.6 is 0 Å². The third kappa shape index (κ3) is 3.83. The van der Waals surface area contributed by atoms with Gasteiger partial charge in [0.1, 0.15) is 0 Å². The van der Waals surface area contributed by atoms with Gasteiger partial charge in [-0.3, -0.25) is 9.69 Å². The van der Waals surface area contributed by atoms with E-state index in [-0.39, 0.29) is 30.9 Å². The molecule has 1 saturated heterocycles. The minimum atomic E-state index is -0.907. The molecule has 0 aromatic heterocycles. The molecule has 1 aliphatic heterocycles. The molecule has 19 heavy (non-hydrogen) atoms. The van der Waals surface area contributed by atoms with Crippen LogP contribution in [0.4, 0.5) is 4.79 Å². The number of aliphatic hydroxyl groups excluding tert-OH is 1. The summed E-state index contributed by atoms with van der Waals surface area (Å²) in [6.07, 6.45) is -0.715. The summed E-state index contributed by atoms with van der Waals surface area (Å²) in [6, 6.07) is -0.233. The zero-order chi connectivity index (χ0) is 14.8. The van der Waals surface area contributed by atoms with Gasteiger partial charge in [0, 0.05) is 19.0 Å². The van der Waals surface area contributed by atoms with Crippen LogP contribution in [-0.2, 0) is 4.79 Å². The smallest absolute Gasteiger partial charge is 0.320 e. The quantitative estimate of drug-likeness (QED) is 0.687. The lowest BCUT2D eigenvalue weighted by Crippen LogP contribution is -2.45. The second-order valence-electron chi connectivity index (χ2n) is 6.07. The van der Waals surface area contributed by atoms with E-state index < -0.39 is 11.8 Å². The first-order chi connectivity index (χ1) is 8.65. The molecule has 3 N–H and O–H groups in total. The number of aliphatic hydroxyl groups is 1. The first kappa shape index (κ1) is 15.8. The van der Waals surface area contributed by atoms with Crippen LogP contribution in [0, 0.1) is 5.92 Å². The predicted octanol–water partition coefficient (Wildman–Crippen LogP) is 0.659. The fourth-order valence-electron chi connectivity index (χ4n) is 1.85. The Morgan fingerprint density at radius 2 is 2.05 bits per heavy atom. The van der Waals surface area contributed by atoms with E-state index in [2.05, 4.69) is 10.6 Å². The molecule has 1 rings (SSSR count). The van der Waals surface area contributed by atoms with Gasteiger partial charge in [-0.1, -0.05) is 13.8 Å². The van der Waals surface area contributed by atoms with Gasteiger partial charge in [0.2, 0.25) is 5.91 Å². The molecule has 110 valence electrons. The number of nitrogens with zero attached hydrogens (tertiary/aromatic N) is 1. The van der Waals surface area contributed by atoms with E-state index in [1.807, 2.05) is 20.8 Å². The van der Waals surface area contributed by atoms with Crippen LogP contribution in [0.3, 0.4) is 0 Å². The molecular formula is C13H25N3O3. The fraction of sp³-hybridized carbons (Fsp3) is 0.846. The Hall–Kier alpha value is -1.30. The van der Waals surface area contributed by atoms with Gasteiger partial charge >= 0.3 is 6.03 Å². The van der Waals surface area contributed by atoms with E-state index in [0.29, 0.717) is 5.92 Å². The molecule has 6 heteroatoms. The number of carbonyl (C=O) groups excluding carboxylic acids is 2. The minimum Gasteiger partial charge on any atom is -0.371 e. The molecular weight excluding hydrogens is 246 g/mol. The average Bonchev–Trinajstić information content (AvgIpc) is 2.46. The summed E-state index contributed by atoms with van der Waals surface area (Å²) < 4.78 is 0. The van der Waals surface area contributed by atoms with Crippen molar-refractivity contribution < 1.29 is 14.7 Å². The van der Waals surface area contributed by atoms with Crippen LogP contribution in [0.1, 0.15) is 41.0 Å². The molecule has 0 saturated carbocycles. The first-order valence-corrected chi connectivity index (χ1v) is 6.71. The third-order valence-corrected chi connectivity index (χ3v) is 3.60. The molecule has 1 heterocycles. The molecule has 0 aromatic carbocycles. The van der Waals surface area contributed by atoms with E-state index in [1.54, 1.807) is 13.8 Å². The lowest BCUT2D eigenvalue weighted by atomic mass is 10.1. The topological polar surface area (TPSA) is 81.7 Å². The number of hydrogen-bond donors (Lipinski definition) is 3. The van der Waals surface area contributed by atoms with Gasteiger partial charge in [0.05, 0.1) is 5.54 Å². The highest BCUT2D eigenvalue weighted by atomic mass is 16.3. The van der Waals surface area contributed by atoms with E-state index in [1.165, 1.54) is 4.90 Å². The molecule has 1 fully saturated rings. The molecule has 3 amide bonds. The predicted molar refractivity (Wildman–Crippen MR) is 72.4 cm³/mol. The minimum absolute atomic E-state index is 0.0984. The molecule has 6 nitrogen and oxygen atoms in total. The zero-order valence-corrected chi connectivity index (χ0v) is 12.4.